The van der Waals surface area contributed by atoms with Crippen molar-refractivity contribution in [1.82, 2.24) is 10.3 Å². The van der Waals surface area contributed by atoms with E-state index >= 15 is 0 Å². The predicted octanol–water partition coefficient (Wildman–Crippen LogP) is 2.31. The van der Waals surface area contributed by atoms with E-state index < -0.39 is 0 Å². The molecule has 1 aliphatic heterocycles. The van der Waals surface area contributed by atoms with E-state index in [1.807, 2.05) is 6.07 Å². The molecule has 0 bridgehead atoms. The number of piperidine rings is 1. The quantitative estimate of drug-likeness (QED) is 0.662. The summed E-state index contributed by atoms with van der Waals surface area (Å²) in [5.41, 5.74) is 1.33. The minimum atomic E-state index is -0.331. The molecule has 104 valence electrons. The number of fused-ring (bicyclic) bond motifs is 1. The molecule has 0 saturated carbocycles. The van der Waals surface area contributed by atoms with Gasteiger partial charge in [0.05, 0.1) is 15.8 Å². The average molecular weight is 272 g/mol. The number of rotatable bonds is 3. The maximum Gasteiger partial charge on any atom is 0.301 e. The van der Waals surface area contributed by atoms with Crippen molar-refractivity contribution in [2.75, 3.05) is 18.4 Å². The topological polar surface area (TPSA) is 80.1 Å². The van der Waals surface area contributed by atoms with Crippen LogP contribution in [0.15, 0.2) is 30.5 Å². The highest BCUT2D eigenvalue weighted by atomic mass is 16.6. The van der Waals surface area contributed by atoms with E-state index in [1.54, 1.807) is 24.4 Å². The number of hydrogen-bond acceptors (Lipinski definition) is 5. The first-order valence-electron chi connectivity index (χ1n) is 6.75. The summed E-state index contributed by atoms with van der Waals surface area (Å²) >= 11 is 0. The van der Waals surface area contributed by atoms with Gasteiger partial charge in [0.15, 0.2) is 0 Å². The lowest BCUT2D eigenvalue weighted by Crippen LogP contribution is -2.38. The molecular formula is C14H16N4O2. The smallest absolute Gasteiger partial charge is 0.301 e. The fraction of sp³-hybridized carbons (Fsp3) is 0.357. The Morgan fingerprint density at radius 1 is 1.40 bits per heavy atom. The number of anilines is 1. The highest BCUT2D eigenvalue weighted by Crippen LogP contribution is 2.33. The summed E-state index contributed by atoms with van der Waals surface area (Å²) in [5, 5.41) is 18.6. The lowest BCUT2D eigenvalue weighted by Gasteiger charge is -2.24. The van der Waals surface area contributed by atoms with Crippen LogP contribution in [0, 0.1) is 10.1 Å². The van der Waals surface area contributed by atoms with Crippen LogP contribution in [0.5, 0.6) is 0 Å². The van der Waals surface area contributed by atoms with E-state index in [9.17, 15) is 10.1 Å². The molecule has 1 aromatic heterocycles. The zero-order chi connectivity index (χ0) is 13.9. The monoisotopic (exact) mass is 272 g/mol. The lowest BCUT2D eigenvalue weighted by molar-refractivity contribution is -0.382. The second-order valence-corrected chi connectivity index (χ2v) is 4.98. The van der Waals surface area contributed by atoms with Gasteiger partial charge in [-0.3, -0.25) is 15.1 Å². The Morgan fingerprint density at radius 3 is 3.05 bits per heavy atom. The first-order chi connectivity index (χ1) is 9.75. The third-order valence-electron chi connectivity index (χ3n) is 3.60. The van der Waals surface area contributed by atoms with Crippen molar-refractivity contribution in [3.63, 3.8) is 0 Å². The van der Waals surface area contributed by atoms with E-state index in [2.05, 4.69) is 15.6 Å². The van der Waals surface area contributed by atoms with Crippen molar-refractivity contribution < 1.29 is 4.92 Å². The highest BCUT2D eigenvalue weighted by molar-refractivity contribution is 5.94. The van der Waals surface area contributed by atoms with Gasteiger partial charge < -0.3 is 10.6 Å². The SMILES string of the molecule is O=[N+]([O-])c1c(NC2CCCNC2)ccc2ncccc12. The van der Waals surface area contributed by atoms with Crippen molar-refractivity contribution >= 4 is 22.3 Å². The Bertz CT molecular complexity index is 638. The van der Waals surface area contributed by atoms with Gasteiger partial charge in [0.25, 0.3) is 0 Å². The lowest BCUT2D eigenvalue weighted by atomic mass is 10.1. The second-order valence-electron chi connectivity index (χ2n) is 4.98. The molecule has 20 heavy (non-hydrogen) atoms. The molecule has 1 atom stereocenters. The summed E-state index contributed by atoms with van der Waals surface area (Å²) in [7, 11) is 0. The summed E-state index contributed by atoms with van der Waals surface area (Å²) in [6, 6.07) is 7.27. The molecule has 1 aromatic carbocycles. The molecule has 2 aromatic rings. The molecule has 6 heteroatoms. The molecule has 0 aliphatic carbocycles. The van der Waals surface area contributed by atoms with E-state index in [1.165, 1.54) is 0 Å². The summed E-state index contributed by atoms with van der Waals surface area (Å²) in [5.74, 6) is 0. The van der Waals surface area contributed by atoms with Gasteiger partial charge in [0, 0.05) is 18.8 Å². The average Bonchev–Trinajstić information content (AvgIpc) is 2.47. The minimum Gasteiger partial charge on any atom is -0.375 e. The first kappa shape index (κ1) is 12.8. The minimum absolute atomic E-state index is 0.112. The summed E-state index contributed by atoms with van der Waals surface area (Å²) in [4.78, 5) is 15.2. The Hall–Kier alpha value is -2.21. The van der Waals surface area contributed by atoms with Gasteiger partial charge in [-0.25, -0.2) is 0 Å². The molecule has 2 heterocycles. The van der Waals surface area contributed by atoms with Crippen LogP contribution in [0.4, 0.5) is 11.4 Å². The van der Waals surface area contributed by atoms with Crippen LogP contribution < -0.4 is 10.6 Å². The van der Waals surface area contributed by atoms with Crippen molar-refractivity contribution in [3.05, 3.63) is 40.6 Å². The fourth-order valence-corrected chi connectivity index (χ4v) is 2.64. The Labute approximate surface area is 116 Å². The maximum absolute atomic E-state index is 11.4. The van der Waals surface area contributed by atoms with Crippen molar-refractivity contribution in [3.8, 4) is 0 Å². The molecule has 1 aliphatic rings. The number of hydrogen-bond donors (Lipinski definition) is 2. The Morgan fingerprint density at radius 2 is 2.30 bits per heavy atom. The van der Waals surface area contributed by atoms with Crippen molar-refractivity contribution in [2.24, 2.45) is 0 Å². The third-order valence-corrected chi connectivity index (χ3v) is 3.60. The number of nitro groups is 1. The first-order valence-corrected chi connectivity index (χ1v) is 6.75. The van der Waals surface area contributed by atoms with Crippen LogP contribution in [0.3, 0.4) is 0 Å². The normalized spacial score (nSPS) is 18.9. The van der Waals surface area contributed by atoms with Crippen molar-refractivity contribution in [1.29, 1.82) is 0 Å². The van der Waals surface area contributed by atoms with Crippen LogP contribution in [0.2, 0.25) is 0 Å². The molecule has 0 spiro atoms. The predicted molar refractivity (Wildman–Crippen MR) is 77.9 cm³/mol. The zero-order valence-corrected chi connectivity index (χ0v) is 11.0. The van der Waals surface area contributed by atoms with Gasteiger partial charge in [-0.1, -0.05) is 0 Å². The Kier molecular flexibility index (Phi) is 3.47. The second kappa shape index (κ2) is 5.42. The van der Waals surface area contributed by atoms with Gasteiger partial charge in [-0.2, -0.15) is 0 Å². The van der Waals surface area contributed by atoms with E-state index in [0.717, 1.165) is 25.9 Å². The number of aromatic nitrogens is 1. The molecule has 0 amide bonds. The van der Waals surface area contributed by atoms with Crippen molar-refractivity contribution in [2.45, 2.75) is 18.9 Å². The van der Waals surface area contributed by atoms with Gasteiger partial charge in [-0.05, 0) is 43.7 Å². The molecule has 3 rings (SSSR count). The van der Waals surface area contributed by atoms with Gasteiger partial charge in [-0.15, -0.1) is 0 Å². The van der Waals surface area contributed by atoms with Crippen LogP contribution in [-0.2, 0) is 0 Å². The van der Waals surface area contributed by atoms with Crippen LogP contribution >= 0.6 is 0 Å². The van der Waals surface area contributed by atoms with E-state index in [0.29, 0.717) is 16.6 Å². The number of nitrogens with zero attached hydrogens (tertiary/aromatic N) is 2. The molecule has 2 N–H and O–H groups in total. The van der Waals surface area contributed by atoms with Crippen LogP contribution in [0.1, 0.15) is 12.8 Å². The van der Waals surface area contributed by atoms with E-state index in [4.69, 9.17) is 0 Å². The summed E-state index contributed by atoms with van der Waals surface area (Å²) in [6.45, 7) is 1.85. The molecule has 0 radical (unpaired) electrons. The van der Waals surface area contributed by atoms with E-state index in [-0.39, 0.29) is 16.7 Å². The summed E-state index contributed by atoms with van der Waals surface area (Å²) < 4.78 is 0. The number of nitrogens with one attached hydrogen (secondary N) is 2. The van der Waals surface area contributed by atoms with Gasteiger partial charge >= 0.3 is 5.69 Å². The fourth-order valence-electron chi connectivity index (χ4n) is 2.64. The molecule has 1 saturated heterocycles. The molecule has 6 nitrogen and oxygen atoms in total. The molecular weight excluding hydrogens is 256 g/mol. The van der Waals surface area contributed by atoms with Crippen LogP contribution in [-0.4, -0.2) is 29.0 Å². The number of pyridine rings is 1. The Balaban J connectivity index is 2.01. The van der Waals surface area contributed by atoms with Gasteiger partial charge in [0.2, 0.25) is 0 Å². The van der Waals surface area contributed by atoms with Crippen LogP contribution in [0.25, 0.3) is 10.9 Å². The number of benzene rings is 1. The molecule has 1 unspecified atom stereocenters. The largest absolute Gasteiger partial charge is 0.375 e. The summed E-state index contributed by atoms with van der Waals surface area (Å²) in [6.07, 6.45) is 3.75. The molecule has 1 fully saturated rings. The highest BCUT2D eigenvalue weighted by Gasteiger charge is 2.21. The third kappa shape index (κ3) is 2.42. The standard InChI is InChI=1S/C14H16N4O2/c19-18(20)14-11-4-2-8-16-12(11)5-6-13(14)17-10-3-1-7-15-9-10/h2,4-6,8,10,15,17H,1,3,7,9H2. The zero-order valence-electron chi connectivity index (χ0n) is 11.0. The maximum atomic E-state index is 11.4. The van der Waals surface area contributed by atoms with Gasteiger partial charge in [0.1, 0.15) is 5.69 Å². The number of nitro benzene ring substituents is 1.